The van der Waals surface area contributed by atoms with Crippen molar-refractivity contribution in [3.63, 3.8) is 0 Å². The molecule has 94 valence electrons. The zero-order valence-corrected chi connectivity index (χ0v) is 10.8. The molecular formula is C16H11ClFN. The van der Waals surface area contributed by atoms with E-state index < -0.39 is 0 Å². The lowest BCUT2D eigenvalue weighted by Gasteiger charge is -2.07. The summed E-state index contributed by atoms with van der Waals surface area (Å²) >= 11 is 5.81. The zero-order chi connectivity index (χ0) is 13.4. The molecule has 0 amide bonds. The fourth-order valence-corrected chi connectivity index (χ4v) is 2.33. The third-order valence-electron chi connectivity index (χ3n) is 3.13. The monoisotopic (exact) mass is 271 g/mol. The summed E-state index contributed by atoms with van der Waals surface area (Å²) in [5.74, 6) is -0.390. The van der Waals surface area contributed by atoms with Crippen LogP contribution in [0.2, 0.25) is 5.02 Å². The highest BCUT2D eigenvalue weighted by Crippen LogP contribution is 2.30. The first-order valence-electron chi connectivity index (χ1n) is 5.89. The molecule has 0 saturated carbocycles. The number of nitrogens with two attached hydrogens (primary N) is 1. The first-order valence-corrected chi connectivity index (χ1v) is 6.26. The third-order valence-corrected chi connectivity index (χ3v) is 3.42. The lowest BCUT2D eigenvalue weighted by atomic mass is 10.0. The maximum absolute atomic E-state index is 14.0. The Balaban J connectivity index is 2.20. The Labute approximate surface area is 115 Å². The van der Waals surface area contributed by atoms with Crippen LogP contribution in [0.25, 0.3) is 21.9 Å². The summed E-state index contributed by atoms with van der Waals surface area (Å²) in [6.45, 7) is 0. The van der Waals surface area contributed by atoms with E-state index in [1.165, 1.54) is 0 Å². The van der Waals surface area contributed by atoms with E-state index in [9.17, 15) is 4.39 Å². The molecule has 0 atom stereocenters. The molecule has 0 fully saturated rings. The maximum Gasteiger partial charge on any atom is 0.149 e. The molecule has 1 nitrogen and oxygen atoms in total. The van der Waals surface area contributed by atoms with Gasteiger partial charge < -0.3 is 5.73 Å². The number of hydrogen-bond acceptors (Lipinski definition) is 1. The zero-order valence-electron chi connectivity index (χ0n) is 10.0. The first kappa shape index (κ1) is 12.0. The van der Waals surface area contributed by atoms with Crippen LogP contribution in [0.4, 0.5) is 10.1 Å². The van der Waals surface area contributed by atoms with Gasteiger partial charge in [-0.25, -0.2) is 4.39 Å². The van der Waals surface area contributed by atoms with Crippen molar-refractivity contribution in [1.82, 2.24) is 0 Å². The van der Waals surface area contributed by atoms with Crippen LogP contribution in [0.5, 0.6) is 0 Å². The minimum Gasteiger partial charge on any atom is -0.399 e. The standard InChI is InChI=1S/C16H11ClFN/c17-15-3-1-2-14(16(15)18)12-5-4-11-9-13(19)7-6-10(11)8-12/h1-9H,19H2. The van der Waals surface area contributed by atoms with Gasteiger partial charge in [0.2, 0.25) is 0 Å². The van der Waals surface area contributed by atoms with Gasteiger partial charge in [-0.1, -0.05) is 41.9 Å². The predicted octanol–water partition coefficient (Wildman–Crippen LogP) is 4.88. The number of benzene rings is 3. The smallest absolute Gasteiger partial charge is 0.149 e. The van der Waals surface area contributed by atoms with Gasteiger partial charge in [-0.05, 0) is 40.6 Å². The lowest BCUT2D eigenvalue weighted by Crippen LogP contribution is -1.87. The molecule has 0 heterocycles. The van der Waals surface area contributed by atoms with Gasteiger partial charge in [0.1, 0.15) is 5.82 Å². The highest BCUT2D eigenvalue weighted by molar-refractivity contribution is 6.31. The van der Waals surface area contributed by atoms with Crippen LogP contribution in [-0.4, -0.2) is 0 Å². The quantitative estimate of drug-likeness (QED) is 0.627. The normalized spacial score (nSPS) is 10.8. The number of anilines is 1. The summed E-state index contributed by atoms with van der Waals surface area (Å²) in [5.41, 5.74) is 7.77. The van der Waals surface area contributed by atoms with E-state index >= 15 is 0 Å². The van der Waals surface area contributed by atoms with Crippen molar-refractivity contribution in [2.45, 2.75) is 0 Å². The van der Waals surface area contributed by atoms with Gasteiger partial charge in [-0.3, -0.25) is 0 Å². The molecule has 0 bridgehead atoms. The Morgan fingerprint density at radius 2 is 1.63 bits per heavy atom. The summed E-state index contributed by atoms with van der Waals surface area (Å²) < 4.78 is 14.0. The largest absolute Gasteiger partial charge is 0.399 e. The second kappa shape index (κ2) is 4.56. The topological polar surface area (TPSA) is 26.0 Å². The lowest BCUT2D eigenvalue weighted by molar-refractivity contribution is 0.632. The van der Waals surface area contributed by atoms with E-state index in [1.807, 2.05) is 36.4 Å². The van der Waals surface area contributed by atoms with Crippen molar-refractivity contribution in [3.05, 3.63) is 65.4 Å². The molecule has 19 heavy (non-hydrogen) atoms. The average Bonchev–Trinajstić information content (AvgIpc) is 2.41. The molecule has 0 saturated heterocycles. The second-order valence-electron chi connectivity index (χ2n) is 4.42. The van der Waals surface area contributed by atoms with Crippen LogP contribution in [0.1, 0.15) is 0 Å². The van der Waals surface area contributed by atoms with Crippen LogP contribution < -0.4 is 5.73 Å². The number of fused-ring (bicyclic) bond motifs is 1. The summed E-state index contributed by atoms with van der Waals surface area (Å²) in [5, 5.41) is 2.19. The Morgan fingerprint density at radius 1 is 0.895 bits per heavy atom. The summed E-state index contributed by atoms with van der Waals surface area (Å²) in [6.07, 6.45) is 0. The van der Waals surface area contributed by atoms with Gasteiger partial charge in [-0.2, -0.15) is 0 Å². The van der Waals surface area contributed by atoms with Gasteiger partial charge >= 0.3 is 0 Å². The van der Waals surface area contributed by atoms with E-state index in [0.29, 0.717) is 11.3 Å². The molecule has 3 heteroatoms. The fourth-order valence-electron chi connectivity index (χ4n) is 2.16. The first-order chi connectivity index (χ1) is 9.15. The number of nitrogen functional groups attached to an aromatic ring is 1. The van der Waals surface area contributed by atoms with Gasteiger partial charge in [0.05, 0.1) is 5.02 Å². The van der Waals surface area contributed by atoms with E-state index in [2.05, 4.69) is 0 Å². The highest BCUT2D eigenvalue weighted by Gasteiger charge is 2.08. The summed E-state index contributed by atoms with van der Waals surface area (Å²) in [6, 6.07) is 16.4. The van der Waals surface area contributed by atoms with E-state index in [-0.39, 0.29) is 10.8 Å². The van der Waals surface area contributed by atoms with Crippen molar-refractivity contribution in [2.24, 2.45) is 0 Å². The molecular weight excluding hydrogens is 261 g/mol. The van der Waals surface area contributed by atoms with Crippen molar-refractivity contribution >= 4 is 28.1 Å². The summed E-state index contributed by atoms with van der Waals surface area (Å²) in [4.78, 5) is 0. The SMILES string of the molecule is Nc1ccc2cc(-c3cccc(Cl)c3F)ccc2c1. The molecule has 3 aromatic rings. The number of rotatable bonds is 1. The van der Waals surface area contributed by atoms with Crippen LogP contribution in [0.3, 0.4) is 0 Å². The molecule has 0 spiro atoms. The van der Waals surface area contributed by atoms with Crippen LogP contribution in [-0.2, 0) is 0 Å². The third kappa shape index (κ3) is 2.15. The van der Waals surface area contributed by atoms with Crippen molar-refractivity contribution in [2.75, 3.05) is 5.73 Å². The number of hydrogen-bond donors (Lipinski definition) is 1. The van der Waals surface area contributed by atoms with Gasteiger partial charge in [0.25, 0.3) is 0 Å². The average molecular weight is 272 g/mol. The Kier molecular flexibility index (Phi) is 2.88. The molecule has 3 rings (SSSR count). The second-order valence-corrected chi connectivity index (χ2v) is 4.83. The van der Waals surface area contributed by atoms with E-state index in [1.54, 1.807) is 18.2 Å². The molecule has 2 N–H and O–H groups in total. The predicted molar refractivity (Wildman–Crippen MR) is 78.8 cm³/mol. The van der Waals surface area contributed by atoms with Crippen LogP contribution in [0, 0.1) is 5.82 Å². The highest BCUT2D eigenvalue weighted by atomic mass is 35.5. The van der Waals surface area contributed by atoms with Crippen molar-refractivity contribution in [1.29, 1.82) is 0 Å². The van der Waals surface area contributed by atoms with E-state index in [0.717, 1.165) is 16.3 Å². The fraction of sp³-hybridized carbons (Fsp3) is 0. The molecule has 0 aliphatic heterocycles. The molecule has 0 radical (unpaired) electrons. The van der Waals surface area contributed by atoms with Gasteiger partial charge in [0.15, 0.2) is 0 Å². The Morgan fingerprint density at radius 3 is 2.47 bits per heavy atom. The minimum absolute atomic E-state index is 0.134. The number of halogens is 2. The Hall–Kier alpha value is -2.06. The van der Waals surface area contributed by atoms with Crippen molar-refractivity contribution in [3.8, 4) is 11.1 Å². The minimum atomic E-state index is -0.390. The van der Waals surface area contributed by atoms with E-state index in [4.69, 9.17) is 17.3 Å². The molecule has 0 aliphatic rings. The van der Waals surface area contributed by atoms with Crippen LogP contribution in [0.15, 0.2) is 54.6 Å². The van der Waals surface area contributed by atoms with Crippen molar-refractivity contribution < 1.29 is 4.39 Å². The molecule has 0 aliphatic carbocycles. The molecule has 0 unspecified atom stereocenters. The van der Waals surface area contributed by atoms with Crippen LogP contribution >= 0.6 is 11.6 Å². The van der Waals surface area contributed by atoms with Gasteiger partial charge in [-0.15, -0.1) is 0 Å². The van der Waals surface area contributed by atoms with Gasteiger partial charge in [0, 0.05) is 11.3 Å². The molecule has 3 aromatic carbocycles. The summed E-state index contributed by atoms with van der Waals surface area (Å²) in [7, 11) is 0. The molecule has 0 aromatic heterocycles. The Bertz CT molecular complexity index is 768. The maximum atomic E-state index is 14.0.